The predicted molar refractivity (Wildman–Crippen MR) is 118 cm³/mol. The van der Waals surface area contributed by atoms with Crippen LogP contribution in [-0.2, 0) is 9.47 Å². The molecule has 0 unspecified atom stereocenters. The van der Waals surface area contributed by atoms with Crippen LogP contribution < -0.4 is 9.64 Å². The molecular formula is C23H29N5O3. The summed E-state index contributed by atoms with van der Waals surface area (Å²) in [6, 6.07) is 8.09. The molecule has 164 valence electrons. The van der Waals surface area contributed by atoms with Crippen molar-refractivity contribution in [2.75, 3.05) is 32.2 Å². The summed E-state index contributed by atoms with van der Waals surface area (Å²) in [6.07, 6.45) is 5.67. The maximum Gasteiger partial charge on any atom is 0.159 e. The molecule has 1 aliphatic heterocycles. The van der Waals surface area contributed by atoms with Gasteiger partial charge in [-0.05, 0) is 50.8 Å². The van der Waals surface area contributed by atoms with E-state index in [-0.39, 0.29) is 11.9 Å². The third-order valence-electron chi connectivity index (χ3n) is 6.46. The molecule has 2 fully saturated rings. The number of methoxy groups -OCH3 is 2. The number of aromatic nitrogens is 4. The number of H-pyrrole nitrogens is 1. The number of piperidine rings is 1. The third-order valence-corrected chi connectivity index (χ3v) is 6.46. The summed E-state index contributed by atoms with van der Waals surface area (Å²) >= 11 is 0. The molecule has 2 aliphatic rings. The Hall–Kier alpha value is -2.71. The number of anilines is 1. The molecule has 0 atom stereocenters. The molecule has 8 nitrogen and oxygen atoms in total. The summed E-state index contributed by atoms with van der Waals surface area (Å²) in [5, 5.41) is 8.66. The van der Waals surface area contributed by atoms with Crippen LogP contribution in [0.5, 0.6) is 5.75 Å². The van der Waals surface area contributed by atoms with Crippen molar-refractivity contribution in [3.05, 3.63) is 30.6 Å². The van der Waals surface area contributed by atoms with E-state index in [0.29, 0.717) is 5.92 Å². The van der Waals surface area contributed by atoms with Gasteiger partial charge in [-0.25, -0.2) is 9.97 Å². The first-order valence-corrected chi connectivity index (χ1v) is 10.9. The van der Waals surface area contributed by atoms with E-state index in [2.05, 4.69) is 38.1 Å². The quantitative estimate of drug-likeness (QED) is 0.579. The van der Waals surface area contributed by atoms with Gasteiger partial charge in [0, 0.05) is 44.7 Å². The number of rotatable bonds is 7. The maximum atomic E-state index is 6.14. The summed E-state index contributed by atoms with van der Waals surface area (Å²) in [5.41, 5.74) is 2.57. The first-order valence-electron chi connectivity index (χ1n) is 10.9. The number of hydrogen-bond acceptors (Lipinski definition) is 7. The topological polar surface area (TPSA) is 85.4 Å². The van der Waals surface area contributed by atoms with Crippen LogP contribution >= 0.6 is 0 Å². The van der Waals surface area contributed by atoms with Crippen molar-refractivity contribution in [3.63, 3.8) is 0 Å². The summed E-state index contributed by atoms with van der Waals surface area (Å²) in [6.45, 7) is 3.96. The fourth-order valence-electron chi connectivity index (χ4n) is 4.35. The van der Waals surface area contributed by atoms with Gasteiger partial charge in [-0.15, -0.1) is 0 Å². The van der Waals surface area contributed by atoms with Crippen molar-refractivity contribution in [3.8, 4) is 17.1 Å². The number of nitrogens with one attached hydrogen (secondary N) is 1. The Bertz CT molecular complexity index is 1050. The van der Waals surface area contributed by atoms with E-state index in [1.54, 1.807) is 20.5 Å². The predicted octanol–water partition coefficient (Wildman–Crippen LogP) is 3.79. The Balaban J connectivity index is 1.37. The van der Waals surface area contributed by atoms with Crippen molar-refractivity contribution >= 4 is 16.7 Å². The molecule has 31 heavy (non-hydrogen) atoms. The second kappa shape index (κ2) is 8.09. The molecule has 0 amide bonds. The van der Waals surface area contributed by atoms with E-state index < -0.39 is 0 Å². The van der Waals surface area contributed by atoms with Crippen LogP contribution in [0.15, 0.2) is 30.6 Å². The minimum atomic E-state index is -0.146. The fraction of sp³-hybridized carbons (Fsp3) is 0.522. The van der Waals surface area contributed by atoms with Crippen LogP contribution in [0.3, 0.4) is 0 Å². The standard InChI is InChI=1S/C23H29N5O3/c1-23(8-9-23)31-16-4-5-18-17(12-16)21(27-26-18)19-13-20(25-14-24-19)28-10-6-15(7-11-28)22(29-2)30-3/h4-5,12-15,22H,6-11H2,1-3H3,(H,26,27). The van der Waals surface area contributed by atoms with Gasteiger partial charge in [0.25, 0.3) is 0 Å². The minimum Gasteiger partial charge on any atom is -0.488 e. The van der Waals surface area contributed by atoms with E-state index >= 15 is 0 Å². The molecule has 8 heteroatoms. The SMILES string of the molecule is COC(OC)C1CCN(c2cc(-c3n[nH]c4ccc(OC5(C)CC5)cc34)ncn2)CC1. The Morgan fingerprint density at radius 1 is 1.10 bits per heavy atom. The smallest absolute Gasteiger partial charge is 0.159 e. The van der Waals surface area contributed by atoms with Gasteiger partial charge >= 0.3 is 0 Å². The molecule has 5 rings (SSSR count). The number of benzene rings is 1. The summed E-state index contributed by atoms with van der Waals surface area (Å²) < 4.78 is 17.0. The van der Waals surface area contributed by atoms with Gasteiger partial charge in [-0.3, -0.25) is 5.10 Å². The van der Waals surface area contributed by atoms with Crippen LogP contribution in [-0.4, -0.2) is 59.4 Å². The van der Waals surface area contributed by atoms with E-state index in [4.69, 9.17) is 14.2 Å². The van der Waals surface area contributed by atoms with Crippen LogP contribution in [0.2, 0.25) is 0 Å². The van der Waals surface area contributed by atoms with Crippen LogP contribution in [0.4, 0.5) is 5.82 Å². The molecular weight excluding hydrogens is 394 g/mol. The van der Waals surface area contributed by atoms with E-state index in [9.17, 15) is 0 Å². The summed E-state index contributed by atoms with van der Waals surface area (Å²) in [5.74, 6) is 2.19. The molecule has 1 saturated carbocycles. The fourth-order valence-corrected chi connectivity index (χ4v) is 4.35. The highest BCUT2D eigenvalue weighted by Gasteiger charge is 2.40. The minimum absolute atomic E-state index is 0.0174. The van der Waals surface area contributed by atoms with Gasteiger partial charge in [0.15, 0.2) is 6.29 Å². The highest BCUT2D eigenvalue weighted by molar-refractivity contribution is 5.93. The average Bonchev–Trinajstić information content (AvgIpc) is 3.37. The largest absolute Gasteiger partial charge is 0.488 e. The Labute approximate surface area is 181 Å². The van der Waals surface area contributed by atoms with E-state index in [1.165, 1.54) is 0 Å². The number of aromatic amines is 1. The number of fused-ring (bicyclic) bond motifs is 1. The average molecular weight is 424 g/mol. The Morgan fingerprint density at radius 3 is 2.58 bits per heavy atom. The van der Waals surface area contributed by atoms with Crippen LogP contribution in [0, 0.1) is 5.92 Å². The van der Waals surface area contributed by atoms with Crippen LogP contribution in [0.25, 0.3) is 22.3 Å². The first kappa shape index (κ1) is 20.2. The van der Waals surface area contributed by atoms with Crippen LogP contribution in [0.1, 0.15) is 32.6 Å². The van der Waals surface area contributed by atoms with E-state index in [0.717, 1.165) is 72.6 Å². The highest BCUT2D eigenvalue weighted by atomic mass is 16.7. The zero-order valence-electron chi connectivity index (χ0n) is 18.3. The summed E-state index contributed by atoms with van der Waals surface area (Å²) in [4.78, 5) is 11.3. The molecule has 3 heterocycles. The van der Waals surface area contributed by atoms with Crippen molar-refractivity contribution in [2.24, 2.45) is 5.92 Å². The highest BCUT2D eigenvalue weighted by Crippen LogP contribution is 2.40. The Kier molecular flexibility index (Phi) is 5.27. The Morgan fingerprint density at radius 2 is 1.87 bits per heavy atom. The first-order chi connectivity index (χ1) is 15.1. The monoisotopic (exact) mass is 423 g/mol. The zero-order valence-corrected chi connectivity index (χ0v) is 18.3. The van der Waals surface area contributed by atoms with Gasteiger partial charge in [-0.2, -0.15) is 5.10 Å². The van der Waals surface area contributed by atoms with Crippen molar-refractivity contribution in [2.45, 2.75) is 44.5 Å². The third kappa shape index (κ3) is 4.09. The molecule has 1 N–H and O–H groups in total. The maximum absolute atomic E-state index is 6.14. The van der Waals surface area contributed by atoms with Gasteiger partial charge in [0.1, 0.15) is 29.2 Å². The summed E-state index contributed by atoms with van der Waals surface area (Å²) in [7, 11) is 3.40. The second-order valence-electron chi connectivity index (χ2n) is 8.76. The normalized spacial score (nSPS) is 18.6. The lowest BCUT2D eigenvalue weighted by molar-refractivity contribution is -0.141. The zero-order chi connectivity index (χ0) is 21.4. The van der Waals surface area contributed by atoms with Gasteiger partial charge in [0.05, 0.1) is 11.2 Å². The second-order valence-corrected chi connectivity index (χ2v) is 8.76. The number of hydrogen-bond donors (Lipinski definition) is 1. The lowest BCUT2D eigenvalue weighted by atomic mass is 9.96. The molecule has 0 spiro atoms. The molecule has 1 aromatic carbocycles. The van der Waals surface area contributed by atoms with Crippen molar-refractivity contribution in [1.29, 1.82) is 0 Å². The lowest BCUT2D eigenvalue weighted by Gasteiger charge is -2.35. The van der Waals surface area contributed by atoms with Gasteiger partial charge in [-0.1, -0.05) is 0 Å². The lowest BCUT2D eigenvalue weighted by Crippen LogP contribution is -2.39. The molecule has 1 saturated heterocycles. The molecule has 1 aliphatic carbocycles. The molecule has 3 aromatic rings. The van der Waals surface area contributed by atoms with Gasteiger partial charge < -0.3 is 19.1 Å². The van der Waals surface area contributed by atoms with Gasteiger partial charge in [0.2, 0.25) is 0 Å². The molecule has 2 aromatic heterocycles. The number of nitrogens with zero attached hydrogens (tertiary/aromatic N) is 4. The van der Waals surface area contributed by atoms with E-state index in [1.807, 2.05) is 18.2 Å². The molecule has 0 radical (unpaired) electrons. The number of ether oxygens (including phenoxy) is 3. The van der Waals surface area contributed by atoms with Crippen molar-refractivity contribution < 1.29 is 14.2 Å². The van der Waals surface area contributed by atoms with Crippen molar-refractivity contribution in [1.82, 2.24) is 20.2 Å². The molecule has 0 bridgehead atoms.